The summed E-state index contributed by atoms with van der Waals surface area (Å²) in [5.74, 6) is -0.339. The van der Waals surface area contributed by atoms with Crippen LogP contribution in [-0.4, -0.2) is 27.6 Å². The van der Waals surface area contributed by atoms with Gasteiger partial charge >= 0.3 is 5.97 Å². The number of hydrogen-bond donors (Lipinski definition) is 0. The lowest BCUT2D eigenvalue weighted by Gasteiger charge is -2.05. The fraction of sp³-hybridized carbons (Fsp3) is 0.118. The Bertz CT molecular complexity index is 1070. The van der Waals surface area contributed by atoms with Crippen molar-refractivity contribution in [3.8, 4) is 0 Å². The van der Waals surface area contributed by atoms with Crippen molar-refractivity contribution in [1.29, 1.82) is 0 Å². The first-order valence-corrected chi connectivity index (χ1v) is 7.46. The van der Waals surface area contributed by atoms with Crippen molar-refractivity contribution >= 4 is 50.7 Å². The van der Waals surface area contributed by atoms with Crippen molar-refractivity contribution in [2.24, 2.45) is 0 Å². The van der Waals surface area contributed by atoms with E-state index in [0.717, 1.165) is 27.5 Å². The van der Waals surface area contributed by atoms with Gasteiger partial charge in [0, 0.05) is 10.4 Å². The molecular weight excluding hydrogens is 314 g/mol. The molecule has 2 aromatic carbocycles. The van der Waals surface area contributed by atoms with E-state index in [2.05, 4.69) is 4.98 Å². The van der Waals surface area contributed by atoms with Gasteiger partial charge in [-0.25, -0.2) is 9.97 Å². The average Bonchev–Trinajstić information content (AvgIpc) is 2.85. The Kier molecular flexibility index (Phi) is 3.16. The summed E-state index contributed by atoms with van der Waals surface area (Å²) in [5.41, 5.74) is 3.80. The van der Waals surface area contributed by atoms with Crippen LogP contribution in [0, 0.1) is 0 Å². The Hall–Kier alpha value is -2.66. The first-order valence-electron chi connectivity index (χ1n) is 7.08. The summed E-state index contributed by atoms with van der Waals surface area (Å²) in [6.07, 6.45) is 0. The van der Waals surface area contributed by atoms with E-state index in [9.17, 15) is 4.79 Å². The number of aromatic nitrogens is 3. The molecule has 4 aromatic rings. The molecule has 0 atom stereocenters. The molecule has 0 aliphatic carbocycles. The van der Waals surface area contributed by atoms with E-state index < -0.39 is 0 Å². The SMILES string of the molecule is COC(=O)Cn1c2ccc(Cl)cc2c2nc3ccccc3nc21. The number of hydrogen-bond acceptors (Lipinski definition) is 4. The van der Waals surface area contributed by atoms with Gasteiger partial charge in [0.15, 0.2) is 5.65 Å². The van der Waals surface area contributed by atoms with Crippen LogP contribution in [0.5, 0.6) is 0 Å². The number of rotatable bonds is 2. The van der Waals surface area contributed by atoms with E-state index in [-0.39, 0.29) is 12.5 Å². The zero-order valence-electron chi connectivity index (χ0n) is 12.3. The minimum atomic E-state index is -0.339. The molecule has 2 aromatic heterocycles. The molecule has 23 heavy (non-hydrogen) atoms. The molecule has 0 spiro atoms. The van der Waals surface area contributed by atoms with E-state index in [1.807, 2.05) is 41.0 Å². The Morgan fingerprint density at radius 3 is 2.65 bits per heavy atom. The van der Waals surface area contributed by atoms with E-state index in [1.54, 1.807) is 6.07 Å². The highest BCUT2D eigenvalue weighted by Gasteiger charge is 2.17. The van der Waals surface area contributed by atoms with Gasteiger partial charge in [0.25, 0.3) is 0 Å². The second-order valence-corrected chi connectivity index (χ2v) is 5.64. The van der Waals surface area contributed by atoms with Gasteiger partial charge in [-0.1, -0.05) is 23.7 Å². The van der Waals surface area contributed by atoms with Crippen LogP contribution in [0.25, 0.3) is 33.1 Å². The summed E-state index contributed by atoms with van der Waals surface area (Å²) in [4.78, 5) is 21.2. The van der Waals surface area contributed by atoms with Crippen LogP contribution in [-0.2, 0) is 16.1 Å². The van der Waals surface area contributed by atoms with Gasteiger partial charge in [-0.2, -0.15) is 0 Å². The Balaban J connectivity index is 2.14. The number of methoxy groups -OCH3 is 1. The molecule has 0 aliphatic heterocycles. The van der Waals surface area contributed by atoms with Crippen molar-refractivity contribution in [3.05, 3.63) is 47.5 Å². The van der Waals surface area contributed by atoms with Gasteiger partial charge in [-0.15, -0.1) is 0 Å². The van der Waals surface area contributed by atoms with Gasteiger partial charge in [0.05, 0.1) is 23.7 Å². The number of carbonyl (C=O) groups is 1. The molecule has 0 amide bonds. The highest BCUT2D eigenvalue weighted by molar-refractivity contribution is 6.31. The van der Waals surface area contributed by atoms with E-state index >= 15 is 0 Å². The number of fused-ring (bicyclic) bond motifs is 4. The van der Waals surface area contributed by atoms with E-state index in [0.29, 0.717) is 10.7 Å². The Labute approximate surface area is 136 Å². The first kappa shape index (κ1) is 14.0. The zero-order chi connectivity index (χ0) is 16.0. The predicted molar refractivity (Wildman–Crippen MR) is 89.6 cm³/mol. The number of nitrogens with zero attached hydrogens (tertiary/aromatic N) is 3. The summed E-state index contributed by atoms with van der Waals surface area (Å²) in [7, 11) is 1.37. The Morgan fingerprint density at radius 2 is 1.91 bits per heavy atom. The molecule has 0 fully saturated rings. The molecule has 2 heterocycles. The number of ether oxygens (including phenoxy) is 1. The quantitative estimate of drug-likeness (QED) is 0.529. The van der Waals surface area contributed by atoms with Crippen molar-refractivity contribution < 1.29 is 9.53 Å². The fourth-order valence-electron chi connectivity index (χ4n) is 2.76. The monoisotopic (exact) mass is 325 g/mol. The number of para-hydroxylation sites is 2. The third-order valence-electron chi connectivity index (χ3n) is 3.83. The van der Waals surface area contributed by atoms with Crippen LogP contribution in [0.3, 0.4) is 0 Å². The van der Waals surface area contributed by atoms with Crippen molar-refractivity contribution in [2.75, 3.05) is 7.11 Å². The second kappa shape index (κ2) is 5.21. The van der Waals surface area contributed by atoms with Gasteiger partial charge in [0.2, 0.25) is 0 Å². The van der Waals surface area contributed by atoms with Gasteiger partial charge in [0.1, 0.15) is 12.1 Å². The lowest BCUT2D eigenvalue weighted by molar-refractivity contribution is -0.141. The van der Waals surface area contributed by atoms with E-state index in [1.165, 1.54) is 7.11 Å². The maximum atomic E-state index is 11.8. The third kappa shape index (κ3) is 2.21. The summed E-state index contributed by atoms with van der Waals surface area (Å²) in [5, 5.41) is 1.49. The number of esters is 1. The largest absolute Gasteiger partial charge is 0.468 e. The molecule has 0 saturated carbocycles. The molecule has 0 unspecified atom stereocenters. The van der Waals surface area contributed by atoms with Gasteiger partial charge < -0.3 is 9.30 Å². The van der Waals surface area contributed by atoms with Gasteiger partial charge in [-0.3, -0.25) is 4.79 Å². The standard InChI is InChI=1S/C17H12ClN3O2/c1-23-15(22)9-21-14-7-6-10(18)8-11(14)16-17(21)20-13-5-3-2-4-12(13)19-16/h2-8H,9H2,1H3. The molecule has 114 valence electrons. The van der Waals surface area contributed by atoms with Crippen LogP contribution in [0.2, 0.25) is 5.02 Å². The molecular formula is C17H12ClN3O2. The van der Waals surface area contributed by atoms with Crippen molar-refractivity contribution in [3.63, 3.8) is 0 Å². The summed E-state index contributed by atoms with van der Waals surface area (Å²) >= 11 is 6.13. The van der Waals surface area contributed by atoms with Crippen LogP contribution in [0.1, 0.15) is 0 Å². The Morgan fingerprint density at radius 1 is 1.17 bits per heavy atom. The second-order valence-electron chi connectivity index (χ2n) is 5.21. The maximum Gasteiger partial charge on any atom is 0.325 e. The molecule has 6 heteroatoms. The molecule has 5 nitrogen and oxygen atoms in total. The van der Waals surface area contributed by atoms with Crippen LogP contribution >= 0.6 is 11.6 Å². The number of benzene rings is 2. The number of carbonyl (C=O) groups excluding carboxylic acids is 1. The lowest BCUT2D eigenvalue weighted by atomic mass is 10.2. The molecule has 0 radical (unpaired) electrons. The van der Waals surface area contributed by atoms with Crippen LogP contribution in [0.4, 0.5) is 0 Å². The highest BCUT2D eigenvalue weighted by atomic mass is 35.5. The smallest absolute Gasteiger partial charge is 0.325 e. The number of halogens is 1. The average molecular weight is 326 g/mol. The zero-order valence-corrected chi connectivity index (χ0v) is 13.0. The maximum absolute atomic E-state index is 11.8. The molecule has 0 aliphatic rings. The van der Waals surface area contributed by atoms with Crippen LogP contribution in [0.15, 0.2) is 42.5 Å². The minimum absolute atomic E-state index is 0.0746. The highest BCUT2D eigenvalue weighted by Crippen LogP contribution is 2.30. The molecule has 4 rings (SSSR count). The van der Waals surface area contributed by atoms with Gasteiger partial charge in [-0.05, 0) is 30.3 Å². The molecule has 0 bridgehead atoms. The van der Waals surface area contributed by atoms with Crippen molar-refractivity contribution in [2.45, 2.75) is 6.54 Å². The minimum Gasteiger partial charge on any atom is -0.468 e. The van der Waals surface area contributed by atoms with E-state index in [4.69, 9.17) is 21.3 Å². The normalized spacial score (nSPS) is 11.4. The fourth-order valence-corrected chi connectivity index (χ4v) is 2.93. The predicted octanol–water partition coefficient (Wildman–Crippen LogP) is 3.56. The first-order chi connectivity index (χ1) is 11.2. The topological polar surface area (TPSA) is 57.0 Å². The summed E-state index contributed by atoms with van der Waals surface area (Å²) < 4.78 is 6.61. The van der Waals surface area contributed by atoms with Crippen molar-refractivity contribution in [1.82, 2.24) is 14.5 Å². The molecule has 0 saturated heterocycles. The molecule has 0 N–H and O–H groups in total. The lowest BCUT2D eigenvalue weighted by Crippen LogP contribution is -2.11. The van der Waals surface area contributed by atoms with Crippen LogP contribution < -0.4 is 0 Å². The summed E-state index contributed by atoms with van der Waals surface area (Å²) in [6.45, 7) is 0.0746. The summed E-state index contributed by atoms with van der Waals surface area (Å²) in [6, 6.07) is 13.1. The third-order valence-corrected chi connectivity index (χ3v) is 4.06.